The second-order valence-corrected chi connectivity index (χ2v) is 4.33. The van der Waals surface area contributed by atoms with Crippen LogP contribution in [0.25, 0.3) is 0 Å². The van der Waals surface area contributed by atoms with E-state index in [9.17, 15) is 22.8 Å². The van der Waals surface area contributed by atoms with Crippen LogP contribution in [0, 0.1) is 0 Å². The van der Waals surface area contributed by atoms with Crippen molar-refractivity contribution in [3.8, 4) is 0 Å². The summed E-state index contributed by atoms with van der Waals surface area (Å²) in [4.78, 5) is 23.1. The molecule has 0 spiro atoms. The van der Waals surface area contributed by atoms with Gasteiger partial charge in [0.1, 0.15) is 19.3 Å². The van der Waals surface area contributed by atoms with Crippen LogP contribution in [-0.2, 0) is 14.3 Å². The minimum absolute atomic E-state index is 0.158. The molecule has 1 atom stereocenters. The predicted octanol–water partition coefficient (Wildman–Crippen LogP) is 0.551. The van der Waals surface area contributed by atoms with E-state index in [0.29, 0.717) is 0 Å². The van der Waals surface area contributed by atoms with Gasteiger partial charge < -0.3 is 14.7 Å². The fraction of sp³-hybridized carbons (Fsp3) is 0.750. The molecular formula is C8H10F3NO4S. The van der Waals surface area contributed by atoms with Crippen molar-refractivity contribution in [3.05, 3.63) is 0 Å². The van der Waals surface area contributed by atoms with E-state index in [0.717, 1.165) is 4.90 Å². The van der Waals surface area contributed by atoms with Gasteiger partial charge in [-0.15, -0.1) is 11.8 Å². The van der Waals surface area contributed by atoms with Crippen molar-refractivity contribution in [2.45, 2.75) is 12.2 Å². The maximum atomic E-state index is 11.7. The SMILES string of the molecule is O=C(O)C1CSCN1C(=O)COCC(F)(F)F. The van der Waals surface area contributed by atoms with Gasteiger partial charge in [-0.1, -0.05) is 0 Å². The zero-order valence-corrected chi connectivity index (χ0v) is 9.38. The summed E-state index contributed by atoms with van der Waals surface area (Å²) >= 11 is 1.23. The van der Waals surface area contributed by atoms with Gasteiger partial charge in [-0.2, -0.15) is 13.2 Å². The minimum atomic E-state index is -4.49. The number of nitrogens with zero attached hydrogens (tertiary/aromatic N) is 1. The number of rotatable bonds is 4. The smallest absolute Gasteiger partial charge is 0.411 e. The van der Waals surface area contributed by atoms with Crippen LogP contribution in [0.4, 0.5) is 13.2 Å². The average molecular weight is 273 g/mol. The summed E-state index contributed by atoms with van der Waals surface area (Å²) in [6.07, 6.45) is -4.49. The van der Waals surface area contributed by atoms with Crippen LogP contribution < -0.4 is 0 Å². The molecule has 5 nitrogen and oxygen atoms in total. The molecule has 1 rings (SSSR count). The number of hydrogen-bond acceptors (Lipinski definition) is 4. The van der Waals surface area contributed by atoms with E-state index in [4.69, 9.17) is 5.11 Å². The number of hydrogen-bond donors (Lipinski definition) is 1. The van der Waals surface area contributed by atoms with Crippen molar-refractivity contribution in [3.63, 3.8) is 0 Å². The highest BCUT2D eigenvalue weighted by Gasteiger charge is 2.35. The lowest BCUT2D eigenvalue weighted by molar-refractivity contribution is -0.178. The molecule has 1 saturated heterocycles. The largest absolute Gasteiger partial charge is 0.480 e. The maximum Gasteiger partial charge on any atom is 0.411 e. The zero-order valence-electron chi connectivity index (χ0n) is 8.57. The molecule has 9 heteroatoms. The van der Waals surface area contributed by atoms with Gasteiger partial charge >= 0.3 is 12.1 Å². The van der Waals surface area contributed by atoms with E-state index in [2.05, 4.69) is 4.74 Å². The van der Waals surface area contributed by atoms with Crippen molar-refractivity contribution in [2.24, 2.45) is 0 Å². The first kappa shape index (κ1) is 14.1. The van der Waals surface area contributed by atoms with Crippen LogP contribution in [0.3, 0.4) is 0 Å². The van der Waals surface area contributed by atoms with Gasteiger partial charge in [0.15, 0.2) is 0 Å². The summed E-state index contributed by atoms with van der Waals surface area (Å²) in [6, 6.07) is -0.984. The van der Waals surface area contributed by atoms with Crippen LogP contribution in [0.15, 0.2) is 0 Å². The van der Waals surface area contributed by atoms with Gasteiger partial charge in [-0.05, 0) is 0 Å². The number of carboxylic acids is 1. The van der Waals surface area contributed by atoms with Crippen molar-refractivity contribution in [1.82, 2.24) is 4.90 Å². The molecule has 0 saturated carbocycles. The number of alkyl halides is 3. The van der Waals surface area contributed by atoms with Crippen molar-refractivity contribution >= 4 is 23.6 Å². The highest BCUT2D eigenvalue weighted by Crippen LogP contribution is 2.21. The summed E-state index contributed by atoms with van der Waals surface area (Å²) in [5.74, 6) is -1.52. The Bertz CT molecular complexity index is 310. The standard InChI is InChI=1S/C8H10F3NO4S/c9-8(10,11)3-16-1-6(13)12-4-17-2-5(12)7(14)15/h5H,1-4H2,(H,14,15). The van der Waals surface area contributed by atoms with Crippen molar-refractivity contribution < 1.29 is 32.6 Å². The third kappa shape index (κ3) is 4.43. The Labute approximate surface area is 98.9 Å². The fourth-order valence-electron chi connectivity index (χ4n) is 1.23. The Balaban J connectivity index is 2.40. The molecule has 1 aliphatic rings. The Kier molecular flexibility index (Phi) is 4.63. The maximum absolute atomic E-state index is 11.7. The normalized spacial score (nSPS) is 20.6. The fourth-order valence-corrected chi connectivity index (χ4v) is 2.40. The first-order valence-electron chi connectivity index (χ1n) is 4.56. The van der Waals surface area contributed by atoms with Crippen LogP contribution in [0.5, 0.6) is 0 Å². The third-order valence-electron chi connectivity index (χ3n) is 1.98. The van der Waals surface area contributed by atoms with Gasteiger partial charge in [-0.3, -0.25) is 4.79 Å². The molecule has 1 unspecified atom stereocenters. The summed E-state index contributed by atoms with van der Waals surface area (Å²) in [5, 5.41) is 8.76. The van der Waals surface area contributed by atoms with Crippen LogP contribution in [0.1, 0.15) is 0 Å². The third-order valence-corrected chi connectivity index (χ3v) is 2.99. The molecule has 1 amide bonds. The first-order valence-corrected chi connectivity index (χ1v) is 5.71. The summed E-state index contributed by atoms with van der Waals surface area (Å²) < 4.78 is 39.4. The summed E-state index contributed by atoms with van der Waals surface area (Å²) in [7, 11) is 0. The highest BCUT2D eigenvalue weighted by molar-refractivity contribution is 7.99. The number of amides is 1. The molecule has 1 heterocycles. The first-order chi connectivity index (χ1) is 7.81. The lowest BCUT2D eigenvalue weighted by Crippen LogP contribution is -2.43. The molecule has 0 aliphatic carbocycles. The molecular weight excluding hydrogens is 263 g/mol. The molecule has 0 aromatic rings. The molecule has 0 bridgehead atoms. The number of thioether (sulfide) groups is 1. The molecule has 0 aromatic heterocycles. The molecule has 0 radical (unpaired) electrons. The average Bonchev–Trinajstić information content (AvgIpc) is 2.63. The minimum Gasteiger partial charge on any atom is -0.480 e. The topological polar surface area (TPSA) is 66.8 Å². The van der Waals surface area contributed by atoms with Crippen molar-refractivity contribution in [1.29, 1.82) is 0 Å². The van der Waals surface area contributed by atoms with Gasteiger partial charge in [0, 0.05) is 5.75 Å². The van der Waals surface area contributed by atoms with E-state index in [1.54, 1.807) is 0 Å². The Morgan fingerprint density at radius 2 is 2.12 bits per heavy atom. The number of ether oxygens (including phenoxy) is 1. The van der Waals surface area contributed by atoms with Crippen LogP contribution in [0.2, 0.25) is 0 Å². The molecule has 1 N–H and O–H groups in total. The molecule has 0 aromatic carbocycles. The molecule has 1 aliphatic heterocycles. The van der Waals surface area contributed by atoms with Gasteiger partial charge in [0.25, 0.3) is 0 Å². The lowest BCUT2D eigenvalue weighted by atomic mass is 10.3. The number of aliphatic carboxylic acids is 1. The highest BCUT2D eigenvalue weighted by atomic mass is 32.2. The number of halogens is 3. The lowest BCUT2D eigenvalue weighted by Gasteiger charge is -2.20. The van der Waals surface area contributed by atoms with Crippen molar-refractivity contribution in [2.75, 3.05) is 24.8 Å². The van der Waals surface area contributed by atoms with E-state index in [-0.39, 0.29) is 11.6 Å². The Hall–Kier alpha value is -0.960. The van der Waals surface area contributed by atoms with E-state index in [1.165, 1.54) is 11.8 Å². The zero-order chi connectivity index (χ0) is 13.1. The molecule has 17 heavy (non-hydrogen) atoms. The summed E-state index contributed by atoms with van der Waals surface area (Å²) in [5.41, 5.74) is 0. The quantitative estimate of drug-likeness (QED) is 0.810. The summed E-state index contributed by atoms with van der Waals surface area (Å²) in [6.45, 7) is -2.28. The molecule has 98 valence electrons. The number of carbonyl (C=O) groups excluding carboxylic acids is 1. The number of carboxylic acid groups (broad SMARTS) is 1. The molecule has 1 fully saturated rings. The van der Waals surface area contributed by atoms with Gasteiger partial charge in [0.2, 0.25) is 5.91 Å². The van der Waals surface area contributed by atoms with Crippen LogP contribution in [-0.4, -0.2) is 58.9 Å². The van der Waals surface area contributed by atoms with E-state index >= 15 is 0 Å². The Morgan fingerprint density at radius 3 is 2.65 bits per heavy atom. The van der Waals surface area contributed by atoms with E-state index in [1.807, 2.05) is 0 Å². The van der Waals surface area contributed by atoms with E-state index < -0.39 is 37.3 Å². The monoisotopic (exact) mass is 273 g/mol. The van der Waals surface area contributed by atoms with Gasteiger partial charge in [-0.25, -0.2) is 4.79 Å². The van der Waals surface area contributed by atoms with Crippen LogP contribution >= 0.6 is 11.8 Å². The second kappa shape index (κ2) is 5.58. The predicted molar refractivity (Wildman–Crippen MR) is 52.5 cm³/mol. The second-order valence-electron chi connectivity index (χ2n) is 3.33. The Morgan fingerprint density at radius 1 is 1.47 bits per heavy atom. The number of carbonyl (C=O) groups is 2. The van der Waals surface area contributed by atoms with Gasteiger partial charge in [0.05, 0.1) is 5.88 Å².